The first-order valence-electron chi connectivity index (χ1n) is 4.96. The van der Waals surface area contributed by atoms with Crippen molar-refractivity contribution in [1.82, 2.24) is 0 Å². The molecule has 2 aromatic rings. The maximum atomic E-state index is 8.65. The average molecular weight is 285 g/mol. The number of phenols is 4. The highest BCUT2D eigenvalue weighted by Crippen LogP contribution is 2.13. The first-order valence-corrected chi connectivity index (χ1v) is 5.82. The van der Waals surface area contributed by atoms with Crippen LogP contribution in [-0.2, 0) is 4.57 Å². The van der Waals surface area contributed by atoms with Gasteiger partial charge in [0.05, 0.1) is 0 Å². The average Bonchev–Trinajstić information content (AvgIpc) is 2.38. The molecular formula is C12H14O6P+. The Bertz CT molecular complexity index is 383. The number of benzene rings is 2. The van der Waals surface area contributed by atoms with Crippen LogP contribution in [0.25, 0.3) is 0 Å². The lowest BCUT2D eigenvalue weighted by atomic mass is 10.3. The van der Waals surface area contributed by atoms with Crippen molar-refractivity contribution < 1.29 is 29.9 Å². The Balaban J connectivity index is 0.000000284. The smallest absolute Gasteiger partial charge is 0.491 e. The molecule has 0 aliphatic heterocycles. The first-order chi connectivity index (χ1) is 8.99. The van der Waals surface area contributed by atoms with Crippen LogP contribution < -0.4 is 0 Å². The maximum absolute atomic E-state index is 8.65. The second kappa shape index (κ2) is 9.70. The Morgan fingerprint density at radius 1 is 0.579 bits per heavy atom. The van der Waals surface area contributed by atoms with Gasteiger partial charge in [0.1, 0.15) is 23.0 Å². The molecule has 5 N–H and O–H groups in total. The van der Waals surface area contributed by atoms with E-state index in [9.17, 15) is 0 Å². The summed E-state index contributed by atoms with van der Waals surface area (Å²) in [7, 11) is -1.17. The molecule has 0 saturated carbocycles. The second-order valence-electron chi connectivity index (χ2n) is 3.12. The summed E-state index contributed by atoms with van der Waals surface area (Å²) in [6.07, 6.45) is 0. The van der Waals surface area contributed by atoms with Gasteiger partial charge >= 0.3 is 8.69 Å². The summed E-state index contributed by atoms with van der Waals surface area (Å²) >= 11 is 0. The van der Waals surface area contributed by atoms with E-state index in [2.05, 4.69) is 0 Å². The summed E-state index contributed by atoms with van der Waals surface area (Å²) < 4.78 is 8.51. The first kappa shape index (κ1) is 16.7. The zero-order valence-corrected chi connectivity index (χ0v) is 10.8. The molecule has 0 aromatic heterocycles. The maximum Gasteiger partial charge on any atom is 0.491 e. The third-order valence-electron chi connectivity index (χ3n) is 1.70. The van der Waals surface area contributed by atoms with Crippen LogP contribution in [-0.4, -0.2) is 25.3 Å². The molecule has 102 valence electrons. The Labute approximate surface area is 111 Å². The van der Waals surface area contributed by atoms with E-state index in [1.807, 2.05) is 0 Å². The minimum Gasteiger partial charge on any atom is -0.508 e. The van der Waals surface area contributed by atoms with Gasteiger partial charge in [-0.1, -0.05) is 0 Å². The molecule has 0 saturated heterocycles. The monoisotopic (exact) mass is 285 g/mol. The summed E-state index contributed by atoms with van der Waals surface area (Å²) in [4.78, 5) is 7.04. The molecule has 0 aliphatic rings. The highest BCUT2D eigenvalue weighted by atomic mass is 31.1. The molecule has 0 bridgehead atoms. The highest BCUT2D eigenvalue weighted by molar-refractivity contribution is 7.16. The van der Waals surface area contributed by atoms with Crippen LogP contribution in [0.1, 0.15) is 0 Å². The molecule has 19 heavy (non-hydrogen) atoms. The van der Waals surface area contributed by atoms with Gasteiger partial charge in [0.25, 0.3) is 0 Å². The van der Waals surface area contributed by atoms with E-state index in [0.717, 1.165) is 0 Å². The van der Waals surface area contributed by atoms with Crippen molar-refractivity contribution in [2.45, 2.75) is 0 Å². The van der Waals surface area contributed by atoms with Crippen molar-refractivity contribution in [3.05, 3.63) is 48.5 Å². The summed E-state index contributed by atoms with van der Waals surface area (Å²) in [5.74, 6) is 0.677. The van der Waals surface area contributed by atoms with Gasteiger partial charge in [-0.2, -0.15) is 4.89 Å². The van der Waals surface area contributed by atoms with Crippen molar-refractivity contribution in [2.75, 3.05) is 0 Å². The van der Waals surface area contributed by atoms with E-state index in [1.165, 1.54) is 48.5 Å². The third kappa shape index (κ3) is 9.41. The van der Waals surface area contributed by atoms with Crippen molar-refractivity contribution in [2.24, 2.45) is 0 Å². The highest BCUT2D eigenvalue weighted by Gasteiger charge is 1.84. The standard InChI is InChI=1S/2C6H6O2.HO2P/c2*7-5-1-2-6(8)4-3-5;1-3-2/h2*1-4,7-8H;3H/p+1. The molecule has 6 nitrogen and oxygen atoms in total. The van der Waals surface area contributed by atoms with Crippen molar-refractivity contribution in [3.63, 3.8) is 0 Å². The third-order valence-corrected chi connectivity index (χ3v) is 1.70. The normalized spacial score (nSPS) is 8.68. The summed E-state index contributed by atoms with van der Waals surface area (Å²) in [6.45, 7) is 0. The van der Waals surface area contributed by atoms with Crippen molar-refractivity contribution >= 4 is 8.69 Å². The van der Waals surface area contributed by atoms with Crippen molar-refractivity contribution in [3.8, 4) is 23.0 Å². The second-order valence-corrected chi connectivity index (χ2v) is 3.31. The molecule has 0 spiro atoms. The fourth-order valence-corrected chi connectivity index (χ4v) is 0.905. The molecule has 2 rings (SSSR count). The quantitative estimate of drug-likeness (QED) is 0.374. The van der Waals surface area contributed by atoms with E-state index in [0.29, 0.717) is 0 Å². The molecular weight excluding hydrogens is 271 g/mol. The molecule has 7 heteroatoms. The Hall–Kier alpha value is -2.30. The Morgan fingerprint density at radius 3 is 0.789 bits per heavy atom. The van der Waals surface area contributed by atoms with Crippen LogP contribution in [0, 0.1) is 0 Å². The molecule has 0 fully saturated rings. The van der Waals surface area contributed by atoms with E-state index in [1.54, 1.807) is 0 Å². The van der Waals surface area contributed by atoms with Gasteiger partial charge in [-0.15, -0.1) is 0 Å². The lowest BCUT2D eigenvalue weighted by molar-refractivity contribution is 0.460. The zero-order valence-electron chi connectivity index (χ0n) is 9.76. The molecule has 0 radical (unpaired) electrons. The number of phenolic OH excluding ortho intramolecular Hbond substituents is 4. The van der Waals surface area contributed by atoms with Crippen LogP contribution in [0.5, 0.6) is 23.0 Å². The Morgan fingerprint density at radius 2 is 0.684 bits per heavy atom. The van der Waals surface area contributed by atoms with Crippen LogP contribution >= 0.6 is 8.69 Å². The van der Waals surface area contributed by atoms with Gasteiger partial charge in [0, 0.05) is 0 Å². The van der Waals surface area contributed by atoms with E-state index in [4.69, 9.17) is 29.9 Å². The van der Waals surface area contributed by atoms with Crippen LogP contribution in [0.2, 0.25) is 0 Å². The summed E-state index contributed by atoms with van der Waals surface area (Å²) in [5.41, 5.74) is 0. The summed E-state index contributed by atoms with van der Waals surface area (Å²) in [6, 6.07) is 11.4. The van der Waals surface area contributed by atoms with E-state index < -0.39 is 8.69 Å². The predicted octanol–water partition coefficient (Wildman–Crippen LogP) is 2.11. The van der Waals surface area contributed by atoms with Gasteiger partial charge < -0.3 is 20.4 Å². The molecule has 1 atom stereocenters. The molecule has 1 unspecified atom stereocenters. The number of hydrogen-bond acceptors (Lipinski definition) is 5. The topological polar surface area (TPSA) is 118 Å². The fraction of sp³-hybridized carbons (Fsp3) is 0. The van der Waals surface area contributed by atoms with Crippen LogP contribution in [0.15, 0.2) is 48.5 Å². The van der Waals surface area contributed by atoms with E-state index in [-0.39, 0.29) is 23.0 Å². The fourth-order valence-electron chi connectivity index (χ4n) is 0.905. The predicted molar refractivity (Wildman–Crippen MR) is 70.8 cm³/mol. The van der Waals surface area contributed by atoms with Gasteiger partial charge in [0.2, 0.25) is 0 Å². The van der Waals surface area contributed by atoms with Gasteiger partial charge in [-0.05, 0) is 53.1 Å². The summed E-state index contributed by atoms with van der Waals surface area (Å²) in [5, 5.41) is 34.6. The van der Waals surface area contributed by atoms with Crippen LogP contribution in [0.4, 0.5) is 0 Å². The van der Waals surface area contributed by atoms with Crippen LogP contribution in [0.3, 0.4) is 0 Å². The van der Waals surface area contributed by atoms with Gasteiger partial charge in [0.15, 0.2) is 0 Å². The van der Waals surface area contributed by atoms with Gasteiger partial charge in [-0.25, -0.2) is 0 Å². The lowest BCUT2D eigenvalue weighted by Crippen LogP contribution is -1.61. The number of rotatable bonds is 0. The number of hydrogen-bond donors (Lipinski definition) is 5. The zero-order chi connectivity index (χ0) is 14.7. The molecule has 2 aromatic carbocycles. The molecule has 0 heterocycles. The molecule has 0 aliphatic carbocycles. The SMILES string of the molecule is O=[PH+]O.Oc1ccc(O)cc1.Oc1ccc(O)cc1. The van der Waals surface area contributed by atoms with Gasteiger partial charge in [-0.3, -0.25) is 0 Å². The minimum absolute atomic E-state index is 0.169. The molecule has 0 amide bonds. The number of aromatic hydroxyl groups is 4. The Kier molecular flexibility index (Phi) is 8.53. The minimum atomic E-state index is -1.17. The van der Waals surface area contributed by atoms with E-state index >= 15 is 0 Å². The lowest BCUT2D eigenvalue weighted by Gasteiger charge is -1.88. The van der Waals surface area contributed by atoms with Crippen molar-refractivity contribution in [1.29, 1.82) is 0 Å². The largest absolute Gasteiger partial charge is 0.508 e.